The Kier molecular flexibility index (Phi) is 5.38. The van der Waals surface area contributed by atoms with E-state index in [1.165, 1.54) is 23.5 Å². The van der Waals surface area contributed by atoms with Gasteiger partial charge in [-0.15, -0.1) is 11.3 Å². The second-order valence-corrected chi connectivity index (χ2v) is 6.62. The van der Waals surface area contributed by atoms with Crippen LogP contribution < -0.4 is 11.1 Å². The van der Waals surface area contributed by atoms with E-state index >= 15 is 0 Å². The molecule has 2 amide bonds. The van der Waals surface area contributed by atoms with Crippen molar-refractivity contribution in [3.05, 3.63) is 81.6 Å². The lowest BCUT2D eigenvalue weighted by Crippen LogP contribution is -2.17. The molecule has 3 aromatic rings. The van der Waals surface area contributed by atoms with Crippen LogP contribution in [0.1, 0.15) is 26.6 Å². The van der Waals surface area contributed by atoms with E-state index < -0.39 is 11.7 Å². The summed E-state index contributed by atoms with van der Waals surface area (Å²) in [5.74, 6) is -1.91. The Labute approximate surface area is 153 Å². The van der Waals surface area contributed by atoms with Crippen molar-refractivity contribution in [2.75, 3.05) is 5.32 Å². The van der Waals surface area contributed by atoms with Crippen molar-refractivity contribution < 1.29 is 14.0 Å². The van der Waals surface area contributed by atoms with Gasteiger partial charge >= 0.3 is 0 Å². The fraction of sp³-hybridized carbons (Fsp3) is 0.105. The Morgan fingerprint density at radius 1 is 1.15 bits per heavy atom. The van der Waals surface area contributed by atoms with Crippen LogP contribution in [0.3, 0.4) is 0 Å². The van der Waals surface area contributed by atoms with Gasteiger partial charge in [-0.25, -0.2) is 9.37 Å². The smallest absolute Gasteiger partial charge is 0.251 e. The average Bonchev–Trinajstić information content (AvgIpc) is 3.04. The Balaban J connectivity index is 1.62. The van der Waals surface area contributed by atoms with Gasteiger partial charge in [0.1, 0.15) is 5.82 Å². The number of carbonyl (C=O) groups is 2. The van der Waals surface area contributed by atoms with Crippen molar-refractivity contribution in [1.29, 1.82) is 0 Å². The standard InChI is InChI=1S/C19H16FN3O2S/c20-16-7-6-13(9-15(16)19(21)25)22-17(24)10-14-11-26-18(23-14)8-12-4-2-1-3-5-12/h1-7,9,11H,8,10H2,(H2,21,25)(H,22,24). The molecule has 1 heterocycles. The van der Waals surface area contributed by atoms with Crippen LogP contribution >= 0.6 is 11.3 Å². The molecule has 0 saturated heterocycles. The maximum atomic E-state index is 13.5. The minimum absolute atomic E-state index is 0.0918. The molecule has 5 nitrogen and oxygen atoms in total. The Hall–Kier alpha value is -3.06. The second kappa shape index (κ2) is 7.88. The molecule has 3 rings (SSSR count). The molecule has 0 fully saturated rings. The summed E-state index contributed by atoms with van der Waals surface area (Å²) in [5, 5.41) is 5.40. The van der Waals surface area contributed by atoms with Crippen molar-refractivity contribution >= 4 is 28.8 Å². The van der Waals surface area contributed by atoms with Gasteiger partial charge < -0.3 is 11.1 Å². The topological polar surface area (TPSA) is 85.1 Å². The number of rotatable bonds is 6. The number of nitrogens with one attached hydrogen (secondary N) is 1. The first-order valence-electron chi connectivity index (χ1n) is 7.87. The van der Waals surface area contributed by atoms with Gasteiger partial charge in [-0.2, -0.15) is 0 Å². The van der Waals surface area contributed by atoms with Gasteiger partial charge in [0.15, 0.2) is 0 Å². The van der Waals surface area contributed by atoms with Crippen LogP contribution in [-0.2, 0) is 17.6 Å². The first-order chi connectivity index (χ1) is 12.5. The number of carbonyl (C=O) groups excluding carboxylic acids is 2. The van der Waals surface area contributed by atoms with Crippen LogP contribution in [0.25, 0.3) is 0 Å². The highest BCUT2D eigenvalue weighted by molar-refractivity contribution is 7.09. The number of hydrogen-bond donors (Lipinski definition) is 2. The number of thiazole rings is 1. The highest BCUT2D eigenvalue weighted by Gasteiger charge is 2.12. The van der Waals surface area contributed by atoms with E-state index in [9.17, 15) is 14.0 Å². The SMILES string of the molecule is NC(=O)c1cc(NC(=O)Cc2csc(Cc3ccccc3)n2)ccc1F. The molecule has 0 spiro atoms. The molecule has 0 unspecified atom stereocenters. The lowest BCUT2D eigenvalue weighted by molar-refractivity contribution is -0.115. The minimum atomic E-state index is -0.886. The van der Waals surface area contributed by atoms with Crippen LogP contribution in [0.4, 0.5) is 10.1 Å². The molecule has 0 radical (unpaired) electrons. The van der Waals surface area contributed by atoms with Crippen molar-refractivity contribution in [2.45, 2.75) is 12.8 Å². The molecule has 26 heavy (non-hydrogen) atoms. The van der Waals surface area contributed by atoms with E-state index in [4.69, 9.17) is 5.73 Å². The third-order valence-electron chi connectivity index (χ3n) is 3.65. The van der Waals surface area contributed by atoms with E-state index in [0.717, 1.165) is 16.6 Å². The molecule has 132 valence electrons. The van der Waals surface area contributed by atoms with Crippen molar-refractivity contribution in [3.63, 3.8) is 0 Å². The number of benzene rings is 2. The molecular formula is C19H16FN3O2S. The van der Waals surface area contributed by atoms with E-state index in [1.54, 1.807) is 0 Å². The van der Waals surface area contributed by atoms with Gasteiger partial charge in [-0.1, -0.05) is 30.3 Å². The molecule has 7 heteroatoms. The molecule has 0 aliphatic rings. The number of primary amides is 1. The molecular weight excluding hydrogens is 353 g/mol. The Morgan fingerprint density at radius 2 is 1.92 bits per heavy atom. The summed E-state index contributed by atoms with van der Waals surface area (Å²) >= 11 is 1.50. The zero-order valence-electron chi connectivity index (χ0n) is 13.7. The minimum Gasteiger partial charge on any atom is -0.366 e. The monoisotopic (exact) mass is 369 g/mol. The fourth-order valence-electron chi connectivity index (χ4n) is 2.44. The van der Waals surface area contributed by atoms with Gasteiger partial charge in [0, 0.05) is 17.5 Å². The average molecular weight is 369 g/mol. The Morgan fingerprint density at radius 3 is 2.65 bits per heavy atom. The van der Waals surface area contributed by atoms with Crippen LogP contribution in [0.5, 0.6) is 0 Å². The van der Waals surface area contributed by atoms with Gasteiger partial charge in [-0.3, -0.25) is 9.59 Å². The van der Waals surface area contributed by atoms with E-state index in [-0.39, 0.29) is 17.9 Å². The van der Waals surface area contributed by atoms with E-state index in [2.05, 4.69) is 10.3 Å². The van der Waals surface area contributed by atoms with Gasteiger partial charge in [-0.05, 0) is 23.8 Å². The summed E-state index contributed by atoms with van der Waals surface area (Å²) in [6.07, 6.45) is 0.807. The Bertz CT molecular complexity index is 941. The molecule has 0 atom stereocenters. The molecule has 0 aliphatic carbocycles. The molecule has 0 aliphatic heterocycles. The van der Waals surface area contributed by atoms with Crippen LogP contribution in [0.2, 0.25) is 0 Å². The number of anilines is 1. The third-order valence-corrected chi connectivity index (χ3v) is 4.55. The summed E-state index contributed by atoms with van der Waals surface area (Å²) in [6, 6.07) is 13.6. The van der Waals surface area contributed by atoms with Crippen LogP contribution in [0.15, 0.2) is 53.9 Å². The van der Waals surface area contributed by atoms with E-state index in [1.807, 2.05) is 35.7 Å². The number of amides is 2. The number of nitrogens with two attached hydrogens (primary N) is 1. The lowest BCUT2D eigenvalue weighted by Gasteiger charge is -2.06. The summed E-state index contributed by atoms with van der Waals surface area (Å²) in [4.78, 5) is 27.8. The normalized spacial score (nSPS) is 10.5. The summed E-state index contributed by atoms with van der Waals surface area (Å²) in [6.45, 7) is 0. The molecule has 0 saturated carbocycles. The molecule has 2 aromatic carbocycles. The summed E-state index contributed by atoms with van der Waals surface area (Å²) in [7, 11) is 0. The van der Waals surface area contributed by atoms with E-state index in [0.29, 0.717) is 17.8 Å². The lowest BCUT2D eigenvalue weighted by atomic mass is 10.1. The number of halogens is 1. The van der Waals surface area contributed by atoms with Gasteiger partial charge in [0.25, 0.3) is 5.91 Å². The maximum Gasteiger partial charge on any atom is 0.251 e. The number of nitrogens with zero attached hydrogens (tertiary/aromatic N) is 1. The highest BCUT2D eigenvalue weighted by Crippen LogP contribution is 2.17. The predicted octanol–water partition coefficient (Wildman–Crippen LogP) is 3.15. The maximum absolute atomic E-state index is 13.5. The van der Waals surface area contributed by atoms with Gasteiger partial charge in [0.2, 0.25) is 5.91 Å². The first kappa shape index (κ1) is 17.8. The molecule has 1 aromatic heterocycles. The number of aromatic nitrogens is 1. The zero-order chi connectivity index (χ0) is 18.5. The van der Waals surface area contributed by atoms with Crippen molar-refractivity contribution in [1.82, 2.24) is 4.98 Å². The summed E-state index contributed by atoms with van der Waals surface area (Å²) in [5.41, 5.74) is 6.97. The second-order valence-electron chi connectivity index (χ2n) is 5.68. The van der Waals surface area contributed by atoms with Crippen LogP contribution in [0, 0.1) is 5.82 Å². The van der Waals surface area contributed by atoms with Gasteiger partial charge in [0.05, 0.1) is 22.7 Å². The molecule has 3 N–H and O–H groups in total. The zero-order valence-corrected chi connectivity index (χ0v) is 14.6. The summed E-state index contributed by atoms with van der Waals surface area (Å²) < 4.78 is 13.5. The van der Waals surface area contributed by atoms with Crippen molar-refractivity contribution in [3.8, 4) is 0 Å². The third kappa shape index (κ3) is 4.52. The predicted molar refractivity (Wildman–Crippen MR) is 98.6 cm³/mol. The number of hydrogen-bond acceptors (Lipinski definition) is 4. The van der Waals surface area contributed by atoms with Crippen LogP contribution in [-0.4, -0.2) is 16.8 Å². The van der Waals surface area contributed by atoms with Crippen molar-refractivity contribution in [2.24, 2.45) is 5.73 Å². The quantitative estimate of drug-likeness (QED) is 0.700. The highest BCUT2D eigenvalue weighted by atomic mass is 32.1. The molecule has 0 bridgehead atoms. The fourth-order valence-corrected chi connectivity index (χ4v) is 3.27. The largest absolute Gasteiger partial charge is 0.366 e. The first-order valence-corrected chi connectivity index (χ1v) is 8.75.